The maximum absolute atomic E-state index is 5.74. The molecular weight excluding hydrogens is 212 g/mol. The molecule has 0 bridgehead atoms. The summed E-state index contributed by atoms with van der Waals surface area (Å²) in [6.07, 6.45) is 4.02. The van der Waals surface area contributed by atoms with E-state index in [4.69, 9.17) is 5.73 Å². The summed E-state index contributed by atoms with van der Waals surface area (Å²) < 4.78 is 0. The number of nitrogens with two attached hydrogens (primary N) is 1. The first-order valence-corrected chi connectivity index (χ1v) is 6.22. The summed E-state index contributed by atoms with van der Waals surface area (Å²) in [5.74, 6) is 1.77. The zero-order valence-electron chi connectivity index (χ0n) is 10.0. The SMILES string of the molecule is CC(CC1CC1)Nc1nc2ccc(N)cc2[nH]1. The minimum atomic E-state index is 0.473. The lowest BCUT2D eigenvalue weighted by Crippen LogP contribution is -2.16. The van der Waals surface area contributed by atoms with E-state index in [9.17, 15) is 0 Å². The van der Waals surface area contributed by atoms with Crippen LogP contribution in [0.2, 0.25) is 0 Å². The molecule has 4 heteroatoms. The van der Waals surface area contributed by atoms with Gasteiger partial charge in [-0.15, -0.1) is 0 Å². The van der Waals surface area contributed by atoms with Crippen LogP contribution in [0.4, 0.5) is 11.6 Å². The van der Waals surface area contributed by atoms with Crippen LogP contribution >= 0.6 is 0 Å². The van der Waals surface area contributed by atoms with Gasteiger partial charge in [0.1, 0.15) is 0 Å². The lowest BCUT2D eigenvalue weighted by Gasteiger charge is -2.11. The molecule has 1 unspecified atom stereocenters. The summed E-state index contributed by atoms with van der Waals surface area (Å²) in [4.78, 5) is 7.76. The molecule has 4 nitrogen and oxygen atoms in total. The molecule has 2 aromatic rings. The smallest absolute Gasteiger partial charge is 0.201 e. The van der Waals surface area contributed by atoms with Gasteiger partial charge < -0.3 is 16.0 Å². The van der Waals surface area contributed by atoms with Gasteiger partial charge in [-0.1, -0.05) is 12.8 Å². The van der Waals surface area contributed by atoms with Crippen LogP contribution in [0.15, 0.2) is 18.2 Å². The van der Waals surface area contributed by atoms with Crippen molar-refractivity contribution in [1.29, 1.82) is 0 Å². The fourth-order valence-corrected chi connectivity index (χ4v) is 2.24. The van der Waals surface area contributed by atoms with E-state index in [1.165, 1.54) is 19.3 Å². The first kappa shape index (κ1) is 10.4. The Balaban J connectivity index is 1.75. The maximum Gasteiger partial charge on any atom is 0.201 e. The molecule has 0 aliphatic heterocycles. The highest BCUT2D eigenvalue weighted by Crippen LogP contribution is 2.34. The molecule has 1 aromatic carbocycles. The lowest BCUT2D eigenvalue weighted by atomic mass is 10.2. The molecule has 1 atom stereocenters. The highest BCUT2D eigenvalue weighted by atomic mass is 15.1. The number of hydrogen-bond donors (Lipinski definition) is 3. The van der Waals surface area contributed by atoms with Crippen molar-refractivity contribution in [2.45, 2.75) is 32.2 Å². The summed E-state index contributed by atoms with van der Waals surface area (Å²) in [6.45, 7) is 2.21. The molecule has 1 saturated carbocycles. The molecule has 1 aliphatic rings. The van der Waals surface area contributed by atoms with Gasteiger partial charge in [0, 0.05) is 11.7 Å². The maximum atomic E-state index is 5.74. The summed E-state index contributed by atoms with van der Waals surface area (Å²) in [7, 11) is 0. The van der Waals surface area contributed by atoms with Gasteiger partial charge in [0.25, 0.3) is 0 Å². The highest BCUT2D eigenvalue weighted by Gasteiger charge is 2.23. The number of H-pyrrole nitrogens is 1. The van der Waals surface area contributed by atoms with Crippen molar-refractivity contribution in [2.24, 2.45) is 5.92 Å². The van der Waals surface area contributed by atoms with Crippen LogP contribution in [0.3, 0.4) is 0 Å². The predicted octanol–water partition coefficient (Wildman–Crippen LogP) is 2.75. The zero-order chi connectivity index (χ0) is 11.8. The van der Waals surface area contributed by atoms with E-state index in [0.29, 0.717) is 6.04 Å². The number of fused-ring (bicyclic) bond motifs is 1. The van der Waals surface area contributed by atoms with E-state index in [1.807, 2.05) is 18.2 Å². The molecule has 1 heterocycles. The van der Waals surface area contributed by atoms with Gasteiger partial charge in [0.15, 0.2) is 0 Å². The largest absolute Gasteiger partial charge is 0.399 e. The first-order chi connectivity index (χ1) is 8.20. The number of anilines is 2. The van der Waals surface area contributed by atoms with Crippen LogP contribution in [0.25, 0.3) is 11.0 Å². The molecule has 0 saturated heterocycles. The third kappa shape index (κ3) is 2.35. The fraction of sp³-hybridized carbons (Fsp3) is 0.462. The van der Waals surface area contributed by atoms with E-state index < -0.39 is 0 Å². The molecule has 17 heavy (non-hydrogen) atoms. The van der Waals surface area contributed by atoms with E-state index in [2.05, 4.69) is 22.2 Å². The Labute approximate surface area is 101 Å². The van der Waals surface area contributed by atoms with Gasteiger partial charge in [-0.05, 0) is 37.5 Å². The number of benzene rings is 1. The number of nitrogen functional groups attached to an aromatic ring is 1. The van der Waals surface area contributed by atoms with Crippen LogP contribution < -0.4 is 11.1 Å². The standard InChI is InChI=1S/C13H18N4/c1-8(6-9-2-3-9)15-13-16-11-5-4-10(14)7-12(11)17-13/h4-5,7-9H,2-3,6,14H2,1H3,(H2,15,16,17). The zero-order valence-corrected chi connectivity index (χ0v) is 10.0. The molecule has 1 aromatic heterocycles. The summed E-state index contributed by atoms with van der Waals surface area (Å²) >= 11 is 0. The first-order valence-electron chi connectivity index (χ1n) is 6.22. The van der Waals surface area contributed by atoms with Gasteiger partial charge >= 0.3 is 0 Å². The van der Waals surface area contributed by atoms with Crippen LogP contribution in [-0.2, 0) is 0 Å². The molecular formula is C13H18N4. The second-order valence-corrected chi connectivity index (χ2v) is 5.09. The Morgan fingerprint density at radius 1 is 1.53 bits per heavy atom. The summed E-state index contributed by atoms with van der Waals surface area (Å²) in [6, 6.07) is 6.21. The van der Waals surface area contributed by atoms with Crippen molar-refractivity contribution in [3.63, 3.8) is 0 Å². The Morgan fingerprint density at radius 2 is 2.35 bits per heavy atom. The molecule has 4 N–H and O–H groups in total. The van der Waals surface area contributed by atoms with Crippen molar-refractivity contribution in [1.82, 2.24) is 9.97 Å². The molecule has 0 spiro atoms. The second kappa shape index (κ2) is 3.95. The Hall–Kier alpha value is -1.71. The highest BCUT2D eigenvalue weighted by molar-refractivity contribution is 5.80. The average Bonchev–Trinajstić information content (AvgIpc) is 2.97. The monoisotopic (exact) mass is 230 g/mol. The normalized spacial score (nSPS) is 17.2. The number of rotatable bonds is 4. The van der Waals surface area contributed by atoms with Gasteiger partial charge in [-0.3, -0.25) is 0 Å². The Bertz CT molecular complexity index is 527. The second-order valence-electron chi connectivity index (χ2n) is 5.09. The number of nitrogens with zero attached hydrogens (tertiary/aromatic N) is 1. The fourth-order valence-electron chi connectivity index (χ4n) is 2.24. The molecule has 1 fully saturated rings. The van der Waals surface area contributed by atoms with Crippen LogP contribution in [0, 0.1) is 5.92 Å². The number of aromatic nitrogens is 2. The van der Waals surface area contributed by atoms with E-state index >= 15 is 0 Å². The third-order valence-electron chi connectivity index (χ3n) is 3.27. The van der Waals surface area contributed by atoms with Gasteiger partial charge in [0.05, 0.1) is 11.0 Å². The number of imidazole rings is 1. The van der Waals surface area contributed by atoms with Crippen molar-refractivity contribution in [3.05, 3.63) is 18.2 Å². The number of nitrogens with one attached hydrogen (secondary N) is 2. The van der Waals surface area contributed by atoms with Gasteiger partial charge in [0.2, 0.25) is 5.95 Å². The third-order valence-corrected chi connectivity index (χ3v) is 3.27. The Morgan fingerprint density at radius 3 is 3.12 bits per heavy atom. The van der Waals surface area contributed by atoms with E-state index in [1.54, 1.807) is 0 Å². The van der Waals surface area contributed by atoms with Crippen molar-refractivity contribution in [3.8, 4) is 0 Å². The number of aromatic amines is 1. The summed E-state index contributed by atoms with van der Waals surface area (Å²) in [5, 5.41) is 3.41. The molecule has 3 rings (SSSR count). The molecule has 0 amide bonds. The summed E-state index contributed by atoms with van der Waals surface area (Å²) in [5.41, 5.74) is 8.45. The number of hydrogen-bond acceptors (Lipinski definition) is 3. The van der Waals surface area contributed by atoms with Crippen LogP contribution in [0.1, 0.15) is 26.2 Å². The van der Waals surface area contributed by atoms with Crippen molar-refractivity contribution >= 4 is 22.7 Å². The van der Waals surface area contributed by atoms with Crippen molar-refractivity contribution < 1.29 is 0 Å². The average molecular weight is 230 g/mol. The predicted molar refractivity (Wildman–Crippen MR) is 70.9 cm³/mol. The lowest BCUT2D eigenvalue weighted by molar-refractivity contribution is 0.638. The van der Waals surface area contributed by atoms with Crippen LogP contribution in [-0.4, -0.2) is 16.0 Å². The minimum Gasteiger partial charge on any atom is -0.399 e. The van der Waals surface area contributed by atoms with Gasteiger partial charge in [-0.25, -0.2) is 4.98 Å². The molecule has 90 valence electrons. The van der Waals surface area contributed by atoms with Crippen LogP contribution in [0.5, 0.6) is 0 Å². The van der Waals surface area contributed by atoms with E-state index in [-0.39, 0.29) is 0 Å². The molecule has 0 radical (unpaired) electrons. The minimum absolute atomic E-state index is 0.473. The van der Waals surface area contributed by atoms with Gasteiger partial charge in [-0.2, -0.15) is 0 Å². The quantitative estimate of drug-likeness (QED) is 0.707. The Kier molecular flexibility index (Phi) is 2.42. The topological polar surface area (TPSA) is 66.7 Å². The molecule has 1 aliphatic carbocycles. The van der Waals surface area contributed by atoms with Crippen molar-refractivity contribution in [2.75, 3.05) is 11.1 Å². The van der Waals surface area contributed by atoms with E-state index in [0.717, 1.165) is 28.6 Å².